The molecule has 4 aromatic heterocycles. The SMILES string of the molecule is CC1(C)CN(CC(=O)c2ccccc2)c2nc(-c3ccncc3)c(F)c(=O)n2C1.O=c1cc(-c2ccncc2)nc2n1CC(F)(F)CN2C[C@@H](O)c1ccccc1. The van der Waals surface area contributed by atoms with E-state index in [-0.39, 0.29) is 35.9 Å². The lowest BCUT2D eigenvalue weighted by molar-refractivity contribution is -0.0194. The van der Waals surface area contributed by atoms with Crippen LogP contribution >= 0.6 is 0 Å². The molecule has 0 saturated heterocycles. The zero-order chi connectivity index (χ0) is 40.3. The molecule has 2 aliphatic heterocycles. The van der Waals surface area contributed by atoms with Crippen molar-refractivity contribution in [2.75, 3.05) is 36.0 Å². The Bertz CT molecular complexity index is 2490. The number of aliphatic hydroxyl groups is 1. The van der Waals surface area contributed by atoms with Crippen LogP contribution in [0.5, 0.6) is 0 Å². The first-order valence-corrected chi connectivity index (χ1v) is 18.2. The highest BCUT2D eigenvalue weighted by Gasteiger charge is 2.40. The fourth-order valence-electron chi connectivity index (χ4n) is 7.01. The number of carbonyl (C=O) groups excluding carboxylic acids is 1. The fraction of sp³-hybridized carbons (Fsp3) is 0.262. The highest BCUT2D eigenvalue weighted by molar-refractivity contribution is 5.99. The lowest BCUT2D eigenvalue weighted by Crippen LogP contribution is -2.50. The Labute approximate surface area is 325 Å². The van der Waals surface area contributed by atoms with Crippen molar-refractivity contribution in [3.05, 3.63) is 153 Å². The van der Waals surface area contributed by atoms with Gasteiger partial charge in [0, 0.05) is 66.0 Å². The first kappa shape index (κ1) is 38.8. The smallest absolute Gasteiger partial charge is 0.291 e. The quantitative estimate of drug-likeness (QED) is 0.193. The maximum atomic E-state index is 14.9. The molecule has 1 atom stereocenters. The van der Waals surface area contributed by atoms with Crippen molar-refractivity contribution in [1.82, 2.24) is 29.1 Å². The molecule has 6 heterocycles. The van der Waals surface area contributed by atoms with Crippen molar-refractivity contribution in [2.24, 2.45) is 5.41 Å². The molecular formula is C42H39F3N8O4. The third-order valence-corrected chi connectivity index (χ3v) is 9.60. The van der Waals surface area contributed by atoms with E-state index < -0.39 is 42.1 Å². The number of aromatic nitrogens is 6. The van der Waals surface area contributed by atoms with E-state index in [1.165, 1.54) is 27.9 Å². The van der Waals surface area contributed by atoms with Gasteiger partial charge in [-0.05, 0) is 29.8 Å². The molecule has 57 heavy (non-hydrogen) atoms. The molecule has 6 aromatic rings. The minimum atomic E-state index is -3.10. The van der Waals surface area contributed by atoms with Crippen LogP contribution in [-0.4, -0.2) is 72.1 Å². The van der Waals surface area contributed by atoms with Gasteiger partial charge in [0.25, 0.3) is 17.0 Å². The molecule has 292 valence electrons. The summed E-state index contributed by atoms with van der Waals surface area (Å²) in [5.41, 5.74) is 1.07. The minimum absolute atomic E-state index is 0.0273. The van der Waals surface area contributed by atoms with Crippen LogP contribution in [0.2, 0.25) is 0 Å². The molecule has 2 aliphatic rings. The Balaban J connectivity index is 0.000000174. The summed E-state index contributed by atoms with van der Waals surface area (Å²) in [6.45, 7) is 3.42. The van der Waals surface area contributed by atoms with Crippen molar-refractivity contribution in [2.45, 2.75) is 39.0 Å². The number of anilines is 2. The highest BCUT2D eigenvalue weighted by Crippen LogP contribution is 2.32. The molecule has 0 unspecified atom stereocenters. The van der Waals surface area contributed by atoms with E-state index in [1.54, 1.807) is 90.1 Å². The lowest BCUT2D eigenvalue weighted by Gasteiger charge is -2.40. The monoisotopic (exact) mass is 776 g/mol. The Morgan fingerprint density at radius 2 is 1.35 bits per heavy atom. The van der Waals surface area contributed by atoms with Gasteiger partial charge in [0.15, 0.2) is 5.78 Å². The normalized spacial score (nSPS) is 15.8. The van der Waals surface area contributed by atoms with Crippen molar-refractivity contribution >= 4 is 17.7 Å². The summed E-state index contributed by atoms with van der Waals surface area (Å²) in [6.07, 6.45) is 5.18. The summed E-state index contributed by atoms with van der Waals surface area (Å²) in [7, 11) is 0. The lowest BCUT2D eigenvalue weighted by atomic mass is 9.90. The average Bonchev–Trinajstić information content (AvgIpc) is 3.21. The molecule has 12 nitrogen and oxygen atoms in total. The molecule has 1 N–H and O–H groups in total. The Hall–Kier alpha value is -6.48. The third-order valence-electron chi connectivity index (χ3n) is 9.60. The number of Topliss-reactive ketones (excluding diaryl/α,β-unsaturated/α-hetero) is 1. The largest absolute Gasteiger partial charge is 0.387 e. The number of halogens is 3. The second-order valence-electron chi connectivity index (χ2n) is 14.8. The molecule has 0 fully saturated rings. The highest BCUT2D eigenvalue weighted by atomic mass is 19.3. The van der Waals surface area contributed by atoms with Crippen molar-refractivity contribution in [1.29, 1.82) is 0 Å². The Kier molecular flexibility index (Phi) is 10.8. The van der Waals surface area contributed by atoms with Crippen molar-refractivity contribution in [3.8, 4) is 22.5 Å². The topological polar surface area (TPSA) is 139 Å². The van der Waals surface area contributed by atoms with E-state index in [1.807, 2.05) is 26.0 Å². The fourth-order valence-corrected chi connectivity index (χ4v) is 7.01. The number of β-amino-alcohol motifs (C(OH)–C–C–N with tert-alkyl or cyclic N) is 1. The molecule has 0 saturated carbocycles. The summed E-state index contributed by atoms with van der Waals surface area (Å²) in [5.74, 6) is -3.65. The van der Waals surface area contributed by atoms with Gasteiger partial charge in [-0.15, -0.1) is 0 Å². The predicted octanol–water partition coefficient (Wildman–Crippen LogP) is 5.67. The van der Waals surface area contributed by atoms with Gasteiger partial charge in [-0.25, -0.2) is 18.7 Å². The second kappa shape index (κ2) is 15.9. The summed E-state index contributed by atoms with van der Waals surface area (Å²) in [6, 6.07) is 25.6. The number of benzene rings is 2. The Morgan fingerprint density at radius 1 is 0.754 bits per heavy atom. The number of ketones is 1. The maximum absolute atomic E-state index is 14.9. The number of alkyl halides is 2. The van der Waals surface area contributed by atoms with E-state index in [9.17, 15) is 32.7 Å². The van der Waals surface area contributed by atoms with Crippen molar-refractivity contribution < 1.29 is 23.1 Å². The van der Waals surface area contributed by atoms with Gasteiger partial charge in [0.1, 0.15) is 5.69 Å². The van der Waals surface area contributed by atoms with Gasteiger partial charge in [0.05, 0.1) is 38.0 Å². The van der Waals surface area contributed by atoms with Gasteiger partial charge >= 0.3 is 0 Å². The molecule has 15 heteroatoms. The average molecular weight is 777 g/mol. The standard InChI is InChI=1S/C22H21FN4O2.C20H18F2N4O2/c1-22(2)13-26(12-17(28)15-6-4-3-5-7-15)21-25-19(16-8-10-24-11-9-16)18(23)20(29)27(21)14-22;21-20(22)12-25(11-17(27)15-4-2-1-3-5-15)19-24-16(10-18(28)26(19)13-20)14-6-8-23-9-7-14/h3-11H,12-14H2,1-2H3;1-10,17,27H,11-13H2/t;17-/m.1/s1. The van der Waals surface area contributed by atoms with Crippen LogP contribution in [0.25, 0.3) is 22.5 Å². The molecule has 8 rings (SSSR count). The van der Waals surface area contributed by atoms with Crippen LogP contribution in [0, 0.1) is 11.2 Å². The van der Waals surface area contributed by atoms with Gasteiger partial charge in [-0.3, -0.25) is 33.5 Å². The van der Waals surface area contributed by atoms with Crippen LogP contribution in [0.4, 0.5) is 25.1 Å². The van der Waals surface area contributed by atoms with Crippen molar-refractivity contribution in [3.63, 3.8) is 0 Å². The molecule has 0 spiro atoms. The number of nitrogens with zero attached hydrogens (tertiary/aromatic N) is 8. The number of hydrogen-bond acceptors (Lipinski definition) is 10. The van der Waals surface area contributed by atoms with E-state index in [4.69, 9.17) is 0 Å². The predicted molar refractivity (Wildman–Crippen MR) is 209 cm³/mol. The molecule has 0 radical (unpaired) electrons. The summed E-state index contributed by atoms with van der Waals surface area (Å²) >= 11 is 0. The first-order chi connectivity index (χ1) is 27.3. The van der Waals surface area contributed by atoms with E-state index in [0.717, 1.165) is 4.57 Å². The van der Waals surface area contributed by atoms with Crippen LogP contribution in [0.1, 0.15) is 35.9 Å². The van der Waals surface area contributed by atoms with Crippen LogP contribution in [-0.2, 0) is 13.1 Å². The van der Waals surface area contributed by atoms with Crippen LogP contribution in [0.15, 0.2) is 125 Å². The summed E-state index contributed by atoms with van der Waals surface area (Å²) in [4.78, 5) is 58.0. The first-order valence-electron chi connectivity index (χ1n) is 18.2. The third kappa shape index (κ3) is 8.68. The van der Waals surface area contributed by atoms with Crippen LogP contribution in [0.3, 0.4) is 0 Å². The zero-order valence-electron chi connectivity index (χ0n) is 31.2. The summed E-state index contributed by atoms with van der Waals surface area (Å²) < 4.78 is 45.7. The van der Waals surface area contributed by atoms with Gasteiger partial charge < -0.3 is 14.9 Å². The van der Waals surface area contributed by atoms with E-state index in [0.29, 0.717) is 47.0 Å². The molecule has 0 bridgehead atoms. The minimum Gasteiger partial charge on any atom is -0.387 e. The number of hydrogen-bond donors (Lipinski definition) is 1. The number of fused-ring (bicyclic) bond motifs is 2. The van der Waals surface area contributed by atoms with E-state index >= 15 is 0 Å². The molecule has 0 aliphatic carbocycles. The number of rotatable bonds is 8. The number of aliphatic hydroxyl groups excluding tert-OH is 1. The number of carbonyl (C=O) groups is 1. The molecule has 2 aromatic carbocycles. The zero-order valence-corrected chi connectivity index (χ0v) is 31.2. The summed E-state index contributed by atoms with van der Waals surface area (Å²) in [5, 5.41) is 10.5. The maximum Gasteiger partial charge on any atom is 0.291 e. The van der Waals surface area contributed by atoms with E-state index in [2.05, 4.69) is 19.9 Å². The van der Waals surface area contributed by atoms with Gasteiger partial charge in [-0.2, -0.15) is 4.39 Å². The molecular weight excluding hydrogens is 738 g/mol. The Morgan fingerprint density at radius 3 is 2.00 bits per heavy atom. The molecule has 0 amide bonds. The van der Waals surface area contributed by atoms with Gasteiger partial charge in [-0.1, -0.05) is 74.5 Å². The number of pyridine rings is 2. The second-order valence-corrected chi connectivity index (χ2v) is 14.8. The van der Waals surface area contributed by atoms with Gasteiger partial charge in [0.2, 0.25) is 17.7 Å². The van der Waals surface area contributed by atoms with Crippen LogP contribution < -0.4 is 20.9 Å².